The number of aliphatic imine (C=N–C) groups is 1. The molecule has 3 rings (SSSR count). The van der Waals surface area contributed by atoms with E-state index in [9.17, 15) is 4.79 Å². The number of aryl methyl sites for hydroxylation is 1. The molecule has 31 heavy (non-hydrogen) atoms. The Kier molecular flexibility index (Phi) is 8.72. The summed E-state index contributed by atoms with van der Waals surface area (Å²) in [7, 11) is 0. The molecule has 1 unspecified atom stereocenters. The van der Waals surface area contributed by atoms with Crippen LogP contribution in [0.15, 0.2) is 53.5 Å². The third kappa shape index (κ3) is 7.61. The van der Waals surface area contributed by atoms with Crippen molar-refractivity contribution in [2.45, 2.75) is 26.8 Å². The minimum Gasteiger partial charge on any atom is -0.493 e. The molecule has 7 nitrogen and oxygen atoms in total. The van der Waals surface area contributed by atoms with E-state index in [1.807, 2.05) is 49.4 Å². The number of ether oxygens (including phenoxy) is 2. The second kappa shape index (κ2) is 12.0. The highest BCUT2D eigenvalue weighted by Gasteiger charge is 2.17. The van der Waals surface area contributed by atoms with Crippen LogP contribution in [0.5, 0.6) is 5.75 Å². The molecule has 1 heterocycles. The van der Waals surface area contributed by atoms with Gasteiger partial charge in [0, 0.05) is 30.3 Å². The first-order chi connectivity index (χ1) is 15.1. The number of nitrogens with zero attached hydrogens (tertiary/aromatic N) is 1. The van der Waals surface area contributed by atoms with Gasteiger partial charge < -0.3 is 25.4 Å². The molecule has 7 heteroatoms. The van der Waals surface area contributed by atoms with Crippen molar-refractivity contribution >= 4 is 17.6 Å². The van der Waals surface area contributed by atoms with E-state index < -0.39 is 0 Å². The van der Waals surface area contributed by atoms with Gasteiger partial charge in [-0.25, -0.2) is 4.99 Å². The van der Waals surface area contributed by atoms with E-state index in [4.69, 9.17) is 9.47 Å². The summed E-state index contributed by atoms with van der Waals surface area (Å²) in [6.45, 7) is 7.55. The molecule has 0 radical (unpaired) electrons. The van der Waals surface area contributed by atoms with Gasteiger partial charge in [0.05, 0.1) is 26.3 Å². The predicted octanol–water partition coefficient (Wildman–Crippen LogP) is 3.10. The molecule has 2 aromatic carbocycles. The fourth-order valence-corrected chi connectivity index (χ4v) is 3.25. The summed E-state index contributed by atoms with van der Waals surface area (Å²) in [5.74, 6) is 1.75. The number of carbonyl (C=O) groups excluding carboxylic acids is 1. The molecule has 166 valence electrons. The molecular formula is C24H32N4O3. The fraction of sp³-hybridized carbons (Fsp3) is 0.417. The number of amides is 1. The first-order valence-corrected chi connectivity index (χ1v) is 10.8. The van der Waals surface area contributed by atoms with Crippen molar-refractivity contribution in [2.24, 2.45) is 10.9 Å². The third-order valence-electron chi connectivity index (χ3n) is 4.95. The van der Waals surface area contributed by atoms with Crippen LogP contribution < -0.4 is 20.7 Å². The normalized spacial score (nSPS) is 16.1. The van der Waals surface area contributed by atoms with Gasteiger partial charge in [-0.05, 0) is 44.0 Å². The average Bonchev–Trinajstić information content (AvgIpc) is 3.29. The lowest BCUT2D eigenvalue weighted by Crippen LogP contribution is -2.41. The maximum atomic E-state index is 12.2. The van der Waals surface area contributed by atoms with E-state index in [1.54, 1.807) is 0 Å². The Morgan fingerprint density at radius 3 is 2.77 bits per heavy atom. The SMILES string of the molecule is CCNC(=NCc1ccc(C)cc1OCC1CCOC1)NCC(=O)Nc1ccccc1. The molecule has 1 saturated heterocycles. The van der Waals surface area contributed by atoms with Crippen molar-refractivity contribution in [2.75, 3.05) is 38.2 Å². The number of rotatable bonds is 9. The molecule has 1 aliphatic rings. The molecule has 2 aromatic rings. The van der Waals surface area contributed by atoms with Crippen LogP contribution in [-0.4, -0.2) is 44.8 Å². The zero-order valence-corrected chi connectivity index (χ0v) is 18.3. The van der Waals surface area contributed by atoms with Gasteiger partial charge in [0.1, 0.15) is 5.75 Å². The number of benzene rings is 2. The quantitative estimate of drug-likeness (QED) is 0.426. The number of carbonyl (C=O) groups is 1. The molecule has 3 N–H and O–H groups in total. The minimum atomic E-state index is -0.130. The zero-order chi connectivity index (χ0) is 21.9. The van der Waals surface area contributed by atoms with Crippen LogP contribution in [0.3, 0.4) is 0 Å². The van der Waals surface area contributed by atoms with E-state index in [0.29, 0.717) is 31.6 Å². The van der Waals surface area contributed by atoms with Gasteiger partial charge in [-0.15, -0.1) is 0 Å². The molecule has 0 bridgehead atoms. The van der Waals surface area contributed by atoms with Gasteiger partial charge in [0.15, 0.2) is 5.96 Å². The highest BCUT2D eigenvalue weighted by Crippen LogP contribution is 2.23. The lowest BCUT2D eigenvalue weighted by Gasteiger charge is -2.15. The summed E-state index contributed by atoms with van der Waals surface area (Å²) < 4.78 is 11.5. The summed E-state index contributed by atoms with van der Waals surface area (Å²) in [5, 5.41) is 9.13. The van der Waals surface area contributed by atoms with Crippen LogP contribution in [0.4, 0.5) is 5.69 Å². The lowest BCUT2D eigenvalue weighted by atomic mass is 10.1. The lowest BCUT2D eigenvalue weighted by molar-refractivity contribution is -0.115. The predicted molar refractivity (Wildman–Crippen MR) is 123 cm³/mol. The molecule has 0 aromatic heterocycles. The van der Waals surface area contributed by atoms with Crippen LogP contribution in [-0.2, 0) is 16.1 Å². The first-order valence-electron chi connectivity index (χ1n) is 10.8. The average molecular weight is 425 g/mol. The van der Waals surface area contributed by atoms with E-state index in [2.05, 4.69) is 33.9 Å². The van der Waals surface area contributed by atoms with E-state index in [0.717, 1.165) is 42.2 Å². The second-order valence-electron chi connectivity index (χ2n) is 7.61. The molecule has 1 aliphatic heterocycles. The summed E-state index contributed by atoms with van der Waals surface area (Å²) in [4.78, 5) is 16.9. The van der Waals surface area contributed by atoms with Crippen LogP contribution in [0, 0.1) is 12.8 Å². The van der Waals surface area contributed by atoms with Crippen molar-refractivity contribution in [3.63, 3.8) is 0 Å². The molecule has 1 fully saturated rings. The van der Waals surface area contributed by atoms with Gasteiger partial charge in [0.2, 0.25) is 5.91 Å². The Hall–Kier alpha value is -3.06. The van der Waals surface area contributed by atoms with Crippen LogP contribution in [0.2, 0.25) is 0 Å². The smallest absolute Gasteiger partial charge is 0.243 e. The van der Waals surface area contributed by atoms with Crippen LogP contribution in [0.1, 0.15) is 24.5 Å². The maximum Gasteiger partial charge on any atom is 0.243 e. The number of hydrogen-bond acceptors (Lipinski definition) is 4. The Bertz CT molecular complexity index is 864. The van der Waals surface area contributed by atoms with Gasteiger partial charge in [-0.2, -0.15) is 0 Å². The molecule has 0 saturated carbocycles. The monoisotopic (exact) mass is 424 g/mol. The number of anilines is 1. The van der Waals surface area contributed by atoms with E-state index in [-0.39, 0.29) is 12.5 Å². The van der Waals surface area contributed by atoms with Gasteiger partial charge in [0.25, 0.3) is 0 Å². The molecule has 0 spiro atoms. The number of hydrogen-bond donors (Lipinski definition) is 3. The highest BCUT2D eigenvalue weighted by molar-refractivity contribution is 5.94. The Morgan fingerprint density at radius 2 is 2.03 bits per heavy atom. The molecule has 0 aliphatic carbocycles. The van der Waals surface area contributed by atoms with Gasteiger partial charge >= 0.3 is 0 Å². The molecular weight excluding hydrogens is 392 g/mol. The van der Waals surface area contributed by atoms with E-state index >= 15 is 0 Å². The van der Waals surface area contributed by atoms with Crippen LogP contribution in [0.25, 0.3) is 0 Å². The number of guanidine groups is 1. The zero-order valence-electron chi connectivity index (χ0n) is 18.3. The van der Waals surface area contributed by atoms with Crippen molar-refractivity contribution in [1.29, 1.82) is 0 Å². The van der Waals surface area contributed by atoms with Crippen molar-refractivity contribution < 1.29 is 14.3 Å². The third-order valence-corrected chi connectivity index (χ3v) is 4.95. The minimum absolute atomic E-state index is 0.125. The number of nitrogens with one attached hydrogen (secondary N) is 3. The largest absolute Gasteiger partial charge is 0.493 e. The van der Waals surface area contributed by atoms with Crippen molar-refractivity contribution in [3.8, 4) is 5.75 Å². The standard InChI is InChI=1S/C24H32N4O3/c1-3-25-24(27-15-23(29)28-21-7-5-4-6-8-21)26-14-20-10-9-18(2)13-22(20)31-17-19-11-12-30-16-19/h4-10,13,19H,3,11-12,14-17H2,1-2H3,(H,28,29)(H2,25,26,27). The van der Waals surface area contributed by atoms with Crippen molar-refractivity contribution in [1.82, 2.24) is 10.6 Å². The summed E-state index contributed by atoms with van der Waals surface area (Å²) in [5.41, 5.74) is 2.92. The first kappa shape index (κ1) is 22.6. The highest BCUT2D eigenvalue weighted by atomic mass is 16.5. The Labute approximate surface area is 184 Å². The second-order valence-corrected chi connectivity index (χ2v) is 7.61. The van der Waals surface area contributed by atoms with E-state index in [1.165, 1.54) is 0 Å². The Morgan fingerprint density at radius 1 is 1.19 bits per heavy atom. The van der Waals surface area contributed by atoms with Gasteiger partial charge in [-0.1, -0.05) is 30.3 Å². The maximum absolute atomic E-state index is 12.2. The number of para-hydroxylation sites is 1. The van der Waals surface area contributed by atoms with Gasteiger partial charge in [-0.3, -0.25) is 4.79 Å². The van der Waals surface area contributed by atoms with Crippen molar-refractivity contribution in [3.05, 3.63) is 59.7 Å². The summed E-state index contributed by atoms with van der Waals surface area (Å²) in [6, 6.07) is 15.5. The Balaban J connectivity index is 1.58. The summed E-state index contributed by atoms with van der Waals surface area (Å²) in [6.07, 6.45) is 1.04. The van der Waals surface area contributed by atoms with Crippen LogP contribution >= 0.6 is 0 Å². The molecule has 1 amide bonds. The molecule has 1 atom stereocenters. The fourth-order valence-electron chi connectivity index (χ4n) is 3.25. The summed E-state index contributed by atoms with van der Waals surface area (Å²) >= 11 is 0. The topological polar surface area (TPSA) is 84.0 Å².